The Morgan fingerprint density at radius 3 is 2.79 bits per heavy atom. The fourth-order valence-corrected chi connectivity index (χ4v) is 3.68. The van der Waals surface area contributed by atoms with Gasteiger partial charge in [0.25, 0.3) is 0 Å². The van der Waals surface area contributed by atoms with Gasteiger partial charge in [-0.2, -0.15) is 11.8 Å². The molecule has 1 aromatic heterocycles. The van der Waals surface area contributed by atoms with Crippen molar-refractivity contribution in [3.63, 3.8) is 0 Å². The molecule has 1 rings (SSSR count). The van der Waals surface area contributed by atoms with E-state index in [1.165, 1.54) is 27.9 Å². The summed E-state index contributed by atoms with van der Waals surface area (Å²) in [6.45, 7) is 5.43. The average Bonchev–Trinajstić information content (AvgIpc) is 2.79. The zero-order valence-electron chi connectivity index (χ0n) is 12.8. The van der Waals surface area contributed by atoms with E-state index in [0.29, 0.717) is 6.04 Å². The highest BCUT2D eigenvalue weighted by atomic mass is 32.2. The third kappa shape index (κ3) is 4.97. The van der Waals surface area contributed by atoms with Crippen LogP contribution in [0.5, 0.6) is 0 Å². The minimum absolute atomic E-state index is 0.551. The molecule has 0 saturated carbocycles. The van der Waals surface area contributed by atoms with E-state index in [9.17, 15) is 0 Å². The van der Waals surface area contributed by atoms with Gasteiger partial charge in [0, 0.05) is 24.5 Å². The van der Waals surface area contributed by atoms with Crippen molar-refractivity contribution in [1.82, 2.24) is 10.3 Å². The van der Waals surface area contributed by atoms with E-state index in [4.69, 9.17) is 4.98 Å². The van der Waals surface area contributed by atoms with Gasteiger partial charge in [0.2, 0.25) is 0 Å². The number of thiazole rings is 1. The Kier molecular flexibility index (Phi) is 7.80. The number of thioether (sulfide) groups is 1. The van der Waals surface area contributed by atoms with Gasteiger partial charge in [-0.05, 0) is 38.8 Å². The van der Waals surface area contributed by atoms with Gasteiger partial charge in [-0.1, -0.05) is 13.3 Å². The van der Waals surface area contributed by atoms with Crippen LogP contribution in [0, 0.1) is 0 Å². The number of hydrogen-bond donors (Lipinski definition) is 1. The Morgan fingerprint density at radius 1 is 1.47 bits per heavy atom. The maximum absolute atomic E-state index is 4.85. The van der Waals surface area contributed by atoms with Crippen molar-refractivity contribution in [3.05, 3.63) is 10.6 Å². The van der Waals surface area contributed by atoms with Crippen LogP contribution in [0.4, 0.5) is 5.13 Å². The normalized spacial score (nSPS) is 12.7. The molecule has 19 heavy (non-hydrogen) atoms. The number of nitrogens with zero attached hydrogens (tertiary/aromatic N) is 2. The van der Waals surface area contributed by atoms with Crippen LogP contribution in [0.1, 0.15) is 37.3 Å². The van der Waals surface area contributed by atoms with Crippen molar-refractivity contribution in [2.75, 3.05) is 31.0 Å². The summed E-state index contributed by atoms with van der Waals surface area (Å²) < 4.78 is 0. The Bertz CT molecular complexity index is 342. The lowest BCUT2D eigenvalue weighted by Crippen LogP contribution is -2.29. The van der Waals surface area contributed by atoms with E-state index >= 15 is 0 Å². The Morgan fingerprint density at radius 2 is 2.21 bits per heavy atom. The molecule has 0 saturated heterocycles. The van der Waals surface area contributed by atoms with E-state index in [-0.39, 0.29) is 0 Å². The van der Waals surface area contributed by atoms with Crippen LogP contribution in [0.3, 0.4) is 0 Å². The molecule has 3 nitrogen and oxygen atoms in total. The van der Waals surface area contributed by atoms with Crippen LogP contribution < -0.4 is 10.2 Å². The molecule has 1 unspecified atom stereocenters. The fourth-order valence-electron chi connectivity index (χ4n) is 1.92. The maximum atomic E-state index is 4.85. The Labute approximate surface area is 126 Å². The maximum Gasteiger partial charge on any atom is 0.185 e. The lowest BCUT2D eigenvalue weighted by Gasteiger charge is -2.23. The van der Waals surface area contributed by atoms with Crippen molar-refractivity contribution >= 4 is 28.2 Å². The molecule has 0 aliphatic carbocycles. The minimum Gasteiger partial charge on any atom is -0.348 e. The summed E-state index contributed by atoms with van der Waals surface area (Å²) in [5, 5.41) is 4.42. The van der Waals surface area contributed by atoms with E-state index in [1.54, 1.807) is 0 Å². The second-order valence-electron chi connectivity index (χ2n) is 4.89. The molecule has 0 aliphatic heterocycles. The molecular formula is C14H27N3S2. The molecule has 1 N–H and O–H groups in total. The quantitative estimate of drug-likeness (QED) is 0.757. The van der Waals surface area contributed by atoms with Crippen LogP contribution in [0.15, 0.2) is 0 Å². The number of aromatic nitrogens is 1. The molecule has 5 heteroatoms. The molecule has 0 bridgehead atoms. The highest BCUT2D eigenvalue weighted by molar-refractivity contribution is 7.98. The number of hydrogen-bond acceptors (Lipinski definition) is 5. The first-order valence-corrected chi connectivity index (χ1v) is 9.20. The first-order chi connectivity index (χ1) is 9.13. The summed E-state index contributed by atoms with van der Waals surface area (Å²) in [5.74, 6) is 1.21. The van der Waals surface area contributed by atoms with Gasteiger partial charge in [-0.3, -0.25) is 0 Å². The molecule has 0 aromatic carbocycles. The van der Waals surface area contributed by atoms with Crippen molar-refractivity contribution in [2.24, 2.45) is 0 Å². The third-order valence-corrected chi connectivity index (χ3v) is 5.13. The average molecular weight is 302 g/mol. The number of aryl methyl sites for hydroxylation is 1. The number of anilines is 1. The minimum atomic E-state index is 0.551. The van der Waals surface area contributed by atoms with E-state index in [2.05, 4.69) is 37.4 Å². The zero-order valence-corrected chi connectivity index (χ0v) is 14.5. The van der Waals surface area contributed by atoms with Crippen LogP contribution in [0.2, 0.25) is 0 Å². The lowest BCUT2D eigenvalue weighted by atomic mass is 10.2. The Balaban J connectivity index is 2.78. The molecule has 1 atom stereocenters. The highest BCUT2D eigenvalue weighted by Gasteiger charge is 2.16. The molecule has 1 heterocycles. The smallest absolute Gasteiger partial charge is 0.185 e. The van der Waals surface area contributed by atoms with Crippen LogP contribution in [0.25, 0.3) is 0 Å². The molecule has 0 amide bonds. The van der Waals surface area contributed by atoms with Gasteiger partial charge in [0.1, 0.15) is 0 Å². The van der Waals surface area contributed by atoms with Crippen molar-refractivity contribution in [2.45, 2.75) is 45.7 Å². The predicted molar refractivity (Wildman–Crippen MR) is 89.7 cm³/mol. The first kappa shape index (κ1) is 16.8. The van der Waals surface area contributed by atoms with Gasteiger partial charge in [-0.15, -0.1) is 11.3 Å². The summed E-state index contributed by atoms with van der Waals surface area (Å²) in [4.78, 5) is 8.57. The standard InChI is InChI=1S/C14H27N3S2/c1-6-7-12-13(10-15-3)19-14(16-12)17(4)11(2)8-9-18-5/h11,15H,6-10H2,1-5H3. The molecular weight excluding hydrogens is 274 g/mol. The van der Waals surface area contributed by atoms with Gasteiger partial charge in [0.05, 0.1) is 5.69 Å². The fraction of sp³-hybridized carbons (Fsp3) is 0.786. The molecule has 0 aliphatic rings. The highest BCUT2D eigenvalue weighted by Crippen LogP contribution is 2.28. The number of nitrogens with one attached hydrogen (secondary N) is 1. The van der Waals surface area contributed by atoms with E-state index in [1.807, 2.05) is 30.1 Å². The van der Waals surface area contributed by atoms with Gasteiger partial charge >= 0.3 is 0 Å². The van der Waals surface area contributed by atoms with Crippen molar-refractivity contribution in [3.8, 4) is 0 Å². The first-order valence-electron chi connectivity index (χ1n) is 6.98. The summed E-state index contributed by atoms with van der Waals surface area (Å²) in [5.41, 5.74) is 1.28. The van der Waals surface area contributed by atoms with Crippen LogP contribution in [-0.4, -0.2) is 37.1 Å². The predicted octanol–water partition coefficient (Wildman–Crippen LogP) is 3.39. The largest absolute Gasteiger partial charge is 0.348 e. The third-order valence-electron chi connectivity index (χ3n) is 3.29. The van der Waals surface area contributed by atoms with Gasteiger partial charge < -0.3 is 10.2 Å². The van der Waals surface area contributed by atoms with E-state index < -0.39 is 0 Å². The SMILES string of the molecule is CCCc1nc(N(C)C(C)CCSC)sc1CNC. The summed E-state index contributed by atoms with van der Waals surface area (Å²) in [7, 11) is 4.17. The van der Waals surface area contributed by atoms with Gasteiger partial charge in [0.15, 0.2) is 5.13 Å². The Hall–Kier alpha value is -0.260. The molecule has 0 spiro atoms. The number of rotatable bonds is 9. The molecule has 110 valence electrons. The second-order valence-corrected chi connectivity index (χ2v) is 6.94. The lowest BCUT2D eigenvalue weighted by molar-refractivity contribution is 0.666. The summed E-state index contributed by atoms with van der Waals surface area (Å²) in [6, 6.07) is 0.551. The summed E-state index contributed by atoms with van der Waals surface area (Å²) >= 11 is 3.75. The zero-order chi connectivity index (χ0) is 14.3. The van der Waals surface area contributed by atoms with Gasteiger partial charge in [-0.25, -0.2) is 4.98 Å². The summed E-state index contributed by atoms with van der Waals surface area (Å²) in [6.07, 6.45) is 5.62. The van der Waals surface area contributed by atoms with E-state index in [0.717, 1.165) is 19.4 Å². The second kappa shape index (κ2) is 8.82. The van der Waals surface area contributed by atoms with Crippen LogP contribution >= 0.6 is 23.1 Å². The van der Waals surface area contributed by atoms with Crippen molar-refractivity contribution < 1.29 is 0 Å². The topological polar surface area (TPSA) is 28.2 Å². The molecule has 0 radical (unpaired) electrons. The monoisotopic (exact) mass is 301 g/mol. The van der Waals surface area contributed by atoms with Crippen LogP contribution in [-0.2, 0) is 13.0 Å². The molecule has 0 fully saturated rings. The molecule has 1 aromatic rings. The van der Waals surface area contributed by atoms with Crippen molar-refractivity contribution in [1.29, 1.82) is 0 Å².